The number of nitrogens with zero attached hydrogens (tertiary/aromatic N) is 10. The molecule has 0 aliphatic carbocycles. The lowest BCUT2D eigenvalue weighted by atomic mass is 10.0. The van der Waals surface area contributed by atoms with Gasteiger partial charge < -0.3 is 34.0 Å². The van der Waals surface area contributed by atoms with Crippen molar-refractivity contribution in [3.63, 3.8) is 0 Å². The van der Waals surface area contributed by atoms with Crippen molar-refractivity contribution in [2.75, 3.05) is 32.3 Å². The van der Waals surface area contributed by atoms with Crippen molar-refractivity contribution in [3.8, 4) is 29.0 Å². The molecular formula is C42H42ClN13O11. The first-order valence-corrected chi connectivity index (χ1v) is 21.3. The Morgan fingerprint density at radius 1 is 0.910 bits per heavy atom. The molecule has 24 nitrogen and oxygen atoms in total. The number of imide groups is 2. The second-order valence-electron chi connectivity index (χ2n) is 15.5. The quantitative estimate of drug-likeness (QED) is 0.0799. The fourth-order valence-electron chi connectivity index (χ4n) is 7.83. The molecule has 7 heterocycles. The number of carbonyl (C=O) groups is 7. The third-order valence-electron chi connectivity index (χ3n) is 11.1. The Labute approximate surface area is 384 Å². The summed E-state index contributed by atoms with van der Waals surface area (Å²) in [4.78, 5) is 117. The fourth-order valence-corrected chi connectivity index (χ4v) is 8.08. The summed E-state index contributed by atoms with van der Waals surface area (Å²) < 4.78 is 21.0. The maximum atomic E-state index is 13.8. The van der Waals surface area contributed by atoms with Gasteiger partial charge in [0.25, 0.3) is 29.2 Å². The van der Waals surface area contributed by atoms with E-state index >= 15 is 0 Å². The lowest BCUT2D eigenvalue weighted by Gasteiger charge is -2.27. The van der Waals surface area contributed by atoms with E-state index in [1.807, 2.05) is 4.57 Å². The molecule has 5 aromatic rings. The molecule has 1 fully saturated rings. The molecule has 348 valence electrons. The van der Waals surface area contributed by atoms with Crippen molar-refractivity contribution >= 4 is 58.6 Å². The lowest BCUT2D eigenvalue weighted by Crippen LogP contribution is -2.54. The topological polar surface area (TPSA) is 286 Å². The largest absolute Gasteiger partial charge is 0.484 e. The molecule has 1 aromatic carbocycles. The Hall–Kier alpha value is -8.02. The van der Waals surface area contributed by atoms with Crippen molar-refractivity contribution in [2.45, 2.75) is 64.3 Å². The van der Waals surface area contributed by atoms with E-state index in [0.717, 1.165) is 4.90 Å². The highest BCUT2D eigenvalue weighted by Crippen LogP contribution is 2.35. The molecule has 1 saturated heterocycles. The zero-order valence-electron chi connectivity index (χ0n) is 36.2. The molecule has 1 atom stereocenters. The highest BCUT2D eigenvalue weighted by molar-refractivity contribution is 6.30. The van der Waals surface area contributed by atoms with Gasteiger partial charge in [0.05, 0.1) is 60.9 Å². The van der Waals surface area contributed by atoms with E-state index in [1.54, 1.807) is 17.9 Å². The summed E-state index contributed by atoms with van der Waals surface area (Å²) in [6, 6.07) is 4.56. The Balaban J connectivity index is 0.798. The van der Waals surface area contributed by atoms with Crippen LogP contribution in [-0.2, 0) is 52.4 Å². The summed E-state index contributed by atoms with van der Waals surface area (Å²) in [6.45, 7) is 0.674. The van der Waals surface area contributed by atoms with Gasteiger partial charge in [-0.2, -0.15) is 4.98 Å². The van der Waals surface area contributed by atoms with Crippen LogP contribution in [0.15, 0.2) is 47.7 Å². The predicted octanol–water partition coefficient (Wildman–Crippen LogP) is 0.544. The number of amides is 7. The molecule has 1 unspecified atom stereocenters. The van der Waals surface area contributed by atoms with Crippen LogP contribution in [0.5, 0.6) is 17.6 Å². The van der Waals surface area contributed by atoms with Gasteiger partial charge in [-0.1, -0.05) is 16.8 Å². The number of aromatic nitrogens is 8. The summed E-state index contributed by atoms with van der Waals surface area (Å²) in [6.07, 6.45) is 5.60. The van der Waals surface area contributed by atoms with Gasteiger partial charge in [-0.15, -0.1) is 5.10 Å². The van der Waals surface area contributed by atoms with Gasteiger partial charge >= 0.3 is 6.01 Å². The number of anilines is 1. The number of carbonyl (C=O) groups excluding carboxylic acids is 7. The number of halogens is 1. The molecule has 3 aliphatic heterocycles. The zero-order chi connectivity index (χ0) is 47.5. The van der Waals surface area contributed by atoms with Crippen molar-refractivity contribution in [1.82, 2.24) is 59.9 Å². The van der Waals surface area contributed by atoms with Gasteiger partial charge in [-0.3, -0.25) is 58.2 Å². The van der Waals surface area contributed by atoms with Crippen molar-refractivity contribution < 1.29 is 47.8 Å². The molecule has 25 heteroatoms. The minimum Gasteiger partial charge on any atom is -0.484 e. The van der Waals surface area contributed by atoms with Gasteiger partial charge in [0.1, 0.15) is 29.0 Å². The second kappa shape index (κ2) is 19.2. The number of ether oxygens (including phenoxy) is 3. The summed E-state index contributed by atoms with van der Waals surface area (Å²) >= 11 is 6.26. The van der Waals surface area contributed by atoms with Crippen molar-refractivity contribution in [2.24, 2.45) is 7.05 Å². The first-order valence-electron chi connectivity index (χ1n) is 20.9. The Morgan fingerprint density at radius 2 is 1.72 bits per heavy atom. The molecule has 0 bridgehead atoms. The van der Waals surface area contributed by atoms with Gasteiger partial charge in [0.2, 0.25) is 23.6 Å². The van der Waals surface area contributed by atoms with E-state index in [-0.39, 0.29) is 90.0 Å². The van der Waals surface area contributed by atoms with Gasteiger partial charge in [0.15, 0.2) is 12.3 Å². The van der Waals surface area contributed by atoms with Crippen LogP contribution in [0.1, 0.15) is 74.7 Å². The first kappa shape index (κ1) is 45.5. The van der Waals surface area contributed by atoms with E-state index in [4.69, 9.17) is 30.8 Å². The number of hydrogen-bond donors (Lipinski definition) is 3. The first-order chi connectivity index (χ1) is 32.2. The number of fused-ring (bicyclic) bond motifs is 2. The fraction of sp³-hybridized carbons (Fsp3) is 0.357. The van der Waals surface area contributed by atoms with Crippen molar-refractivity contribution in [3.05, 3.63) is 86.4 Å². The molecular weight excluding hydrogens is 898 g/mol. The minimum atomic E-state index is -1.10. The molecule has 4 aromatic heterocycles. The number of imidazole rings is 1. The minimum absolute atomic E-state index is 0.00254. The standard InChI is InChI=1S/C42H42ClN13O11/c1-52-18-22(43)14-29(40(52)63)55-20-30-34(41(55)64)48-35(27-17-46-42(66-3)49-37(27)65-2)54(30)13-5-12-53-19-23(50-51-53)16-45-31(57)6-4-11-44-33(59)21-67-24-7-8-25-26(15-24)39(62)56(38(25)61)28-9-10-32(58)47-36(28)60/h7-8,14-15,17-19,28H,4-6,9-13,16,20-21H2,1-3H3,(H,44,59)(H,45,57)(H,47,58,60). The Morgan fingerprint density at radius 3 is 2.49 bits per heavy atom. The lowest BCUT2D eigenvalue weighted by molar-refractivity contribution is -0.136. The van der Waals surface area contributed by atoms with E-state index < -0.39 is 53.7 Å². The molecule has 67 heavy (non-hydrogen) atoms. The summed E-state index contributed by atoms with van der Waals surface area (Å²) in [5, 5.41) is 16.3. The van der Waals surface area contributed by atoms with Gasteiger partial charge in [-0.25, -0.2) is 9.97 Å². The van der Waals surface area contributed by atoms with E-state index in [0.29, 0.717) is 48.7 Å². The average Bonchev–Trinajstić information content (AvgIpc) is 4.07. The van der Waals surface area contributed by atoms with Crippen LogP contribution in [0.4, 0.5) is 5.69 Å². The summed E-state index contributed by atoms with van der Waals surface area (Å²) in [5.74, 6) is -3.06. The number of benzene rings is 1. The second-order valence-corrected chi connectivity index (χ2v) is 15.9. The maximum absolute atomic E-state index is 13.8. The molecule has 7 amide bonds. The van der Waals surface area contributed by atoms with Crippen LogP contribution < -0.4 is 40.6 Å². The van der Waals surface area contributed by atoms with E-state index in [2.05, 4.69) is 36.2 Å². The molecule has 8 rings (SSSR count). The van der Waals surface area contributed by atoms with Crippen LogP contribution in [-0.4, -0.2) is 119 Å². The van der Waals surface area contributed by atoms with Crippen LogP contribution in [0.3, 0.4) is 0 Å². The molecule has 3 N–H and O–H groups in total. The number of piperidine rings is 1. The third-order valence-corrected chi connectivity index (χ3v) is 11.3. The Kier molecular flexibility index (Phi) is 13.1. The smallest absolute Gasteiger partial charge is 0.319 e. The number of methoxy groups -OCH3 is 2. The summed E-state index contributed by atoms with van der Waals surface area (Å²) in [7, 11) is 4.41. The summed E-state index contributed by atoms with van der Waals surface area (Å²) in [5.41, 5.74) is 1.46. The normalized spacial score (nSPS) is 15.4. The highest BCUT2D eigenvalue weighted by Gasteiger charge is 2.45. The van der Waals surface area contributed by atoms with E-state index in [9.17, 15) is 38.4 Å². The number of pyridine rings is 1. The van der Waals surface area contributed by atoms with Gasteiger partial charge in [0, 0.05) is 51.9 Å². The molecule has 0 spiro atoms. The third kappa shape index (κ3) is 9.41. The molecule has 3 aliphatic rings. The van der Waals surface area contributed by atoms with Crippen LogP contribution in [0.2, 0.25) is 5.02 Å². The molecule has 0 saturated carbocycles. The molecule has 0 radical (unpaired) electrons. The highest BCUT2D eigenvalue weighted by atomic mass is 35.5. The SMILES string of the molecule is COc1ncc(-c2nc3c(n2CCCn2cc(CNC(=O)CCCNC(=O)COc4ccc5c(c4)C(=O)N(C4CCC(=O)NC4=O)C5=O)nn2)CN(c2cc(Cl)cn(C)c2=O)C3=O)c(OC)n1. The number of rotatable bonds is 18. The predicted molar refractivity (Wildman–Crippen MR) is 231 cm³/mol. The number of nitrogens with one attached hydrogen (secondary N) is 3. The van der Waals surface area contributed by atoms with Gasteiger partial charge in [-0.05, 0) is 43.5 Å². The van der Waals surface area contributed by atoms with Crippen LogP contribution in [0, 0.1) is 0 Å². The van der Waals surface area contributed by atoms with Crippen molar-refractivity contribution in [1.29, 1.82) is 0 Å². The maximum Gasteiger partial charge on any atom is 0.319 e. The van der Waals surface area contributed by atoms with E-state index in [1.165, 1.54) is 60.3 Å². The van der Waals surface area contributed by atoms with Crippen LogP contribution in [0.25, 0.3) is 11.4 Å². The Bertz CT molecular complexity index is 2910. The average molecular weight is 940 g/mol. The van der Waals surface area contributed by atoms with Crippen LogP contribution >= 0.6 is 11.6 Å². The zero-order valence-corrected chi connectivity index (χ0v) is 37.0. The monoisotopic (exact) mass is 939 g/mol. The number of hydrogen-bond acceptors (Lipinski definition) is 16. The number of aryl methyl sites for hydroxylation is 2.